The van der Waals surface area contributed by atoms with Crippen LogP contribution in [0.3, 0.4) is 0 Å². The Kier molecular flexibility index (Phi) is 5.11. The van der Waals surface area contributed by atoms with Gasteiger partial charge >= 0.3 is 5.97 Å². The lowest BCUT2D eigenvalue weighted by Crippen LogP contribution is -2.27. The molecule has 0 saturated heterocycles. The summed E-state index contributed by atoms with van der Waals surface area (Å²) in [4.78, 5) is 23.8. The number of carbonyl (C=O) groups is 2. The maximum atomic E-state index is 11.3. The number of hydrogen-bond acceptors (Lipinski definition) is 3. The number of carbonyl (C=O) groups excluding carboxylic acids is 2. The van der Waals surface area contributed by atoms with E-state index in [1.807, 2.05) is 6.92 Å². The van der Waals surface area contributed by atoms with E-state index in [-0.39, 0.29) is 24.2 Å². The van der Waals surface area contributed by atoms with Crippen LogP contribution in [0, 0.1) is 5.92 Å². The van der Waals surface area contributed by atoms with Crippen LogP contribution in [0.25, 0.3) is 0 Å². The molecule has 4 heteroatoms. The average molecular weight is 187 g/mol. The van der Waals surface area contributed by atoms with Gasteiger partial charge in [-0.1, -0.05) is 6.92 Å². The molecule has 13 heavy (non-hydrogen) atoms. The molecule has 0 aliphatic heterocycles. The minimum atomic E-state index is -0.308. The minimum absolute atomic E-state index is 0.0442. The van der Waals surface area contributed by atoms with Crippen molar-refractivity contribution in [1.29, 1.82) is 0 Å². The number of ether oxygens (including phenoxy) is 1. The Bertz CT molecular complexity index is 189. The molecule has 0 bridgehead atoms. The zero-order valence-corrected chi connectivity index (χ0v) is 8.66. The van der Waals surface area contributed by atoms with Gasteiger partial charge in [0.2, 0.25) is 5.91 Å². The van der Waals surface area contributed by atoms with Crippen LogP contribution < -0.4 is 0 Å². The van der Waals surface area contributed by atoms with Gasteiger partial charge in [-0.3, -0.25) is 9.59 Å². The Balaban J connectivity index is 4.13. The fourth-order valence-electron chi connectivity index (χ4n) is 0.954. The van der Waals surface area contributed by atoms with Crippen LogP contribution in [-0.2, 0) is 14.3 Å². The lowest BCUT2D eigenvalue weighted by molar-refractivity contribution is -0.148. The topological polar surface area (TPSA) is 46.6 Å². The largest absolute Gasteiger partial charge is 0.469 e. The van der Waals surface area contributed by atoms with Gasteiger partial charge in [-0.2, -0.15) is 0 Å². The summed E-state index contributed by atoms with van der Waals surface area (Å²) >= 11 is 0. The average Bonchev–Trinajstić information content (AvgIpc) is 2.12. The van der Waals surface area contributed by atoms with E-state index in [4.69, 9.17) is 0 Å². The van der Waals surface area contributed by atoms with Gasteiger partial charge in [-0.05, 0) is 6.42 Å². The Morgan fingerprint density at radius 2 is 1.92 bits per heavy atom. The lowest BCUT2D eigenvalue weighted by atomic mass is 10.0. The quantitative estimate of drug-likeness (QED) is 0.607. The summed E-state index contributed by atoms with van der Waals surface area (Å²) in [7, 11) is 4.68. The van der Waals surface area contributed by atoms with Gasteiger partial charge in [0.15, 0.2) is 0 Å². The predicted octanol–water partition coefficient (Wildman–Crippen LogP) is 0.664. The van der Waals surface area contributed by atoms with Gasteiger partial charge in [0.25, 0.3) is 0 Å². The van der Waals surface area contributed by atoms with Gasteiger partial charge in [0.05, 0.1) is 13.0 Å². The maximum absolute atomic E-state index is 11.3. The van der Waals surface area contributed by atoms with Crippen molar-refractivity contribution in [3.63, 3.8) is 0 Å². The second-order valence-electron chi connectivity index (χ2n) is 3.12. The van der Waals surface area contributed by atoms with Crippen molar-refractivity contribution in [1.82, 2.24) is 4.90 Å². The van der Waals surface area contributed by atoms with Gasteiger partial charge in [-0.25, -0.2) is 0 Å². The Morgan fingerprint density at radius 3 is 2.23 bits per heavy atom. The molecular weight excluding hydrogens is 170 g/mol. The second-order valence-corrected chi connectivity index (χ2v) is 3.12. The first-order valence-electron chi connectivity index (χ1n) is 4.30. The molecule has 4 nitrogen and oxygen atoms in total. The zero-order chi connectivity index (χ0) is 10.4. The fraction of sp³-hybridized carbons (Fsp3) is 0.778. The highest BCUT2D eigenvalue weighted by Gasteiger charge is 2.21. The molecule has 0 fully saturated rings. The standard InChI is InChI=1S/C9H17NO3/c1-5-7(9(12)13-4)6-8(11)10(2)3/h7H,5-6H2,1-4H3. The third-order valence-corrected chi connectivity index (χ3v) is 1.95. The molecule has 0 aromatic rings. The highest BCUT2D eigenvalue weighted by molar-refractivity contribution is 5.82. The van der Waals surface area contributed by atoms with E-state index in [1.165, 1.54) is 12.0 Å². The first kappa shape index (κ1) is 11.9. The maximum Gasteiger partial charge on any atom is 0.309 e. The van der Waals surface area contributed by atoms with Crippen molar-refractivity contribution in [2.45, 2.75) is 19.8 Å². The highest BCUT2D eigenvalue weighted by Crippen LogP contribution is 2.11. The number of methoxy groups -OCH3 is 1. The summed E-state index contributed by atoms with van der Waals surface area (Å²) in [6, 6.07) is 0. The van der Waals surface area contributed by atoms with Gasteiger partial charge in [-0.15, -0.1) is 0 Å². The van der Waals surface area contributed by atoms with Crippen LogP contribution in [0.15, 0.2) is 0 Å². The van der Waals surface area contributed by atoms with Crippen molar-refractivity contribution in [2.24, 2.45) is 5.92 Å². The molecule has 0 spiro atoms. The van der Waals surface area contributed by atoms with Gasteiger partial charge < -0.3 is 9.64 Å². The molecule has 76 valence electrons. The third-order valence-electron chi connectivity index (χ3n) is 1.95. The van der Waals surface area contributed by atoms with E-state index in [0.29, 0.717) is 6.42 Å². The molecule has 0 aromatic carbocycles. The van der Waals surface area contributed by atoms with E-state index in [0.717, 1.165) is 0 Å². The number of hydrogen-bond donors (Lipinski definition) is 0. The fourth-order valence-corrected chi connectivity index (χ4v) is 0.954. The summed E-state index contributed by atoms with van der Waals surface area (Å²) in [5, 5.41) is 0. The van der Waals surface area contributed by atoms with Crippen LogP contribution >= 0.6 is 0 Å². The molecule has 0 saturated carbocycles. The molecule has 1 atom stereocenters. The normalized spacial score (nSPS) is 12.0. The van der Waals surface area contributed by atoms with E-state index in [2.05, 4.69) is 4.74 Å². The number of esters is 1. The van der Waals surface area contributed by atoms with Crippen LogP contribution in [0.5, 0.6) is 0 Å². The van der Waals surface area contributed by atoms with Gasteiger partial charge in [0, 0.05) is 20.5 Å². The lowest BCUT2D eigenvalue weighted by Gasteiger charge is -2.15. The molecular formula is C9H17NO3. The number of nitrogens with zero attached hydrogens (tertiary/aromatic N) is 1. The minimum Gasteiger partial charge on any atom is -0.469 e. The monoisotopic (exact) mass is 187 g/mol. The molecule has 0 radical (unpaired) electrons. The summed E-state index contributed by atoms with van der Waals surface area (Å²) in [5.41, 5.74) is 0. The van der Waals surface area contributed by atoms with Gasteiger partial charge in [0.1, 0.15) is 0 Å². The van der Waals surface area contributed by atoms with E-state index >= 15 is 0 Å². The van der Waals surface area contributed by atoms with Crippen molar-refractivity contribution < 1.29 is 14.3 Å². The first-order valence-corrected chi connectivity index (χ1v) is 4.30. The van der Waals surface area contributed by atoms with Crippen LogP contribution in [0.4, 0.5) is 0 Å². The van der Waals surface area contributed by atoms with Crippen LogP contribution in [0.2, 0.25) is 0 Å². The second kappa shape index (κ2) is 5.56. The van der Waals surface area contributed by atoms with Crippen molar-refractivity contribution in [3.05, 3.63) is 0 Å². The Labute approximate surface area is 78.9 Å². The molecule has 0 rings (SSSR count). The zero-order valence-electron chi connectivity index (χ0n) is 8.66. The number of rotatable bonds is 4. The first-order chi connectivity index (χ1) is 6.02. The summed E-state index contributed by atoms with van der Waals surface area (Å²) in [6.07, 6.45) is 0.864. The summed E-state index contributed by atoms with van der Waals surface area (Å²) < 4.78 is 4.57. The van der Waals surface area contributed by atoms with Crippen LogP contribution in [-0.4, -0.2) is 38.0 Å². The molecule has 0 N–H and O–H groups in total. The summed E-state index contributed by atoms with van der Waals surface area (Å²) in [6.45, 7) is 1.87. The third kappa shape index (κ3) is 3.92. The SMILES string of the molecule is CCC(CC(=O)N(C)C)C(=O)OC. The van der Waals surface area contributed by atoms with Crippen molar-refractivity contribution in [3.8, 4) is 0 Å². The highest BCUT2D eigenvalue weighted by atomic mass is 16.5. The molecule has 0 heterocycles. The smallest absolute Gasteiger partial charge is 0.309 e. The van der Waals surface area contributed by atoms with E-state index < -0.39 is 0 Å². The van der Waals surface area contributed by atoms with E-state index in [9.17, 15) is 9.59 Å². The van der Waals surface area contributed by atoms with E-state index in [1.54, 1.807) is 14.1 Å². The molecule has 1 amide bonds. The molecule has 1 unspecified atom stereocenters. The number of amides is 1. The predicted molar refractivity (Wildman–Crippen MR) is 49.1 cm³/mol. The van der Waals surface area contributed by atoms with Crippen molar-refractivity contribution in [2.75, 3.05) is 21.2 Å². The molecule has 0 aliphatic carbocycles. The Morgan fingerprint density at radius 1 is 1.38 bits per heavy atom. The molecule has 0 aromatic heterocycles. The Hall–Kier alpha value is -1.06. The van der Waals surface area contributed by atoms with Crippen LogP contribution in [0.1, 0.15) is 19.8 Å². The molecule has 0 aliphatic rings. The summed E-state index contributed by atoms with van der Waals surface area (Å²) in [5.74, 6) is -0.658. The van der Waals surface area contributed by atoms with Crippen molar-refractivity contribution >= 4 is 11.9 Å².